The number of hydrogen-bond acceptors (Lipinski definition) is 4. The zero-order valence-corrected chi connectivity index (χ0v) is 11.8. The molecule has 0 aliphatic rings. The van der Waals surface area contributed by atoms with Gasteiger partial charge < -0.3 is 5.73 Å². The minimum Gasteiger partial charge on any atom is -0.399 e. The van der Waals surface area contributed by atoms with Gasteiger partial charge in [0.2, 0.25) is 0 Å². The molecule has 1 atom stereocenters. The van der Waals surface area contributed by atoms with Crippen LogP contribution < -0.4 is 5.73 Å². The van der Waals surface area contributed by atoms with E-state index in [4.69, 9.17) is 5.73 Å². The Hall–Kier alpha value is -1.91. The fourth-order valence-electron chi connectivity index (χ4n) is 2.12. The zero-order valence-electron chi connectivity index (χ0n) is 11.8. The molecule has 0 saturated heterocycles. The quantitative estimate of drug-likeness (QED) is 0.838. The number of rotatable bonds is 5. The molecule has 1 heterocycles. The molecule has 1 aromatic heterocycles. The average Bonchev–Trinajstić information content (AvgIpc) is 2.88. The maximum atomic E-state index is 5.85. The van der Waals surface area contributed by atoms with Gasteiger partial charge in [0.15, 0.2) is 5.82 Å². The van der Waals surface area contributed by atoms with E-state index in [1.165, 1.54) is 12.8 Å². The Morgan fingerprint density at radius 1 is 1.37 bits per heavy atom. The molecule has 0 radical (unpaired) electrons. The minimum atomic E-state index is 0.308. The fourth-order valence-corrected chi connectivity index (χ4v) is 2.12. The maximum Gasteiger partial charge on any atom is 0.182 e. The lowest BCUT2D eigenvalue weighted by Gasteiger charge is -2.13. The normalized spacial score (nSPS) is 12.6. The van der Waals surface area contributed by atoms with Gasteiger partial charge in [-0.25, -0.2) is 4.68 Å². The molecule has 0 bridgehead atoms. The molecular formula is C14H21N5. The van der Waals surface area contributed by atoms with Crippen LogP contribution in [0, 0.1) is 6.92 Å². The summed E-state index contributed by atoms with van der Waals surface area (Å²) in [5.74, 6) is 0.812. The summed E-state index contributed by atoms with van der Waals surface area (Å²) in [6, 6.07) is 6.21. The molecule has 0 saturated carbocycles. The molecule has 0 spiro atoms. The summed E-state index contributed by atoms with van der Waals surface area (Å²) >= 11 is 0. The van der Waals surface area contributed by atoms with E-state index in [0.29, 0.717) is 6.04 Å². The van der Waals surface area contributed by atoms with Gasteiger partial charge in [-0.2, -0.15) is 0 Å². The summed E-state index contributed by atoms with van der Waals surface area (Å²) in [7, 11) is 0. The fraction of sp³-hybridized carbons (Fsp3) is 0.500. The molecule has 2 aromatic rings. The molecule has 0 amide bonds. The highest BCUT2D eigenvalue weighted by Gasteiger charge is 2.14. The second kappa shape index (κ2) is 5.82. The Morgan fingerprint density at radius 2 is 2.16 bits per heavy atom. The Morgan fingerprint density at radius 3 is 2.84 bits per heavy atom. The van der Waals surface area contributed by atoms with Crippen LogP contribution in [-0.4, -0.2) is 20.2 Å². The van der Waals surface area contributed by atoms with Crippen molar-refractivity contribution < 1.29 is 0 Å². The summed E-state index contributed by atoms with van der Waals surface area (Å²) < 4.78 is 1.90. The number of unbranched alkanes of at least 4 members (excludes halogenated alkanes) is 1. The van der Waals surface area contributed by atoms with Gasteiger partial charge in [0, 0.05) is 11.3 Å². The molecule has 1 aromatic carbocycles. The van der Waals surface area contributed by atoms with Crippen LogP contribution in [0.2, 0.25) is 0 Å². The number of tetrazole rings is 1. The minimum absolute atomic E-state index is 0.308. The van der Waals surface area contributed by atoms with E-state index in [2.05, 4.69) is 29.4 Å². The summed E-state index contributed by atoms with van der Waals surface area (Å²) in [6.07, 6.45) is 3.45. The van der Waals surface area contributed by atoms with Crippen LogP contribution in [-0.2, 0) is 0 Å². The van der Waals surface area contributed by atoms with Gasteiger partial charge in [-0.3, -0.25) is 0 Å². The third-order valence-corrected chi connectivity index (χ3v) is 3.41. The lowest BCUT2D eigenvalue weighted by Crippen LogP contribution is -2.09. The number of aryl methyl sites for hydroxylation is 1. The summed E-state index contributed by atoms with van der Waals surface area (Å²) in [5.41, 5.74) is 8.70. The number of nitrogens with zero attached hydrogens (tertiary/aromatic N) is 4. The van der Waals surface area contributed by atoms with Crippen molar-refractivity contribution in [3.8, 4) is 11.4 Å². The number of nitrogens with two attached hydrogens (primary N) is 1. The van der Waals surface area contributed by atoms with Gasteiger partial charge in [-0.05, 0) is 54.5 Å². The van der Waals surface area contributed by atoms with Crippen molar-refractivity contribution in [2.24, 2.45) is 0 Å². The molecule has 2 N–H and O–H groups in total. The van der Waals surface area contributed by atoms with Crippen LogP contribution in [0.4, 0.5) is 5.69 Å². The summed E-state index contributed by atoms with van der Waals surface area (Å²) in [6.45, 7) is 6.34. The molecule has 5 heteroatoms. The molecule has 0 aliphatic carbocycles. The van der Waals surface area contributed by atoms with Gasteiger partial charge in [-0.1, -0.05) is 19.8 Å². The first kappa shape index (κ1) is 13.5. The van der Waals surface area contributed by atoms with Crippen LogP contribution in [0.15, 0.2) is 18.2 Å². The maximum absolute atomic E-state index is 5.85. The highest BCUT2D eigenvalue weighted by Crippen LogP contribution is 2.24. The van der Waals surface area contributed by atoms with Gasteiger partial charge in [0.05, 0.1) is 6.04 Å². The molecule has 102 valence electrons. The predicted octanol–water partition coefficient (Wildman–Crippen LogP) is 2.98. The number of aromatic nitrogens is 4. The molecule has 1 unspecified atom stereocenters. The Balaban J connectivity index is 2.30. The van der Waals surface area contributed by atoms with Crippen LogP contribution in [0.5, 0.6) is 0 Å². The number of nitrogen functional groups attached to an aromatic ring is 1. The number of benzene rings is 1. The molecular weight excluding hydrogens is 238 g/mol. The van der Waals surface area contributed by atoms with E-state index < -0.39 is 0 Å². The van der Waals surface area contributed by atoms with E-state index in [0.717, 1.165) is 29.1 Å². The first-order valence-corrected chi connectivity index (χ1v) is 6.77. The lowest BCUT2D eigenvalue weighted by atomic mass is 10.1. The monoisotopic (exact) mass is 259 g/mol. The third kappa shape index (κ3) is 2.92. The van der Waals surface area contributed by atoms with E-state index in [1.54, 1.807) is 0 Å². The lowest BCUT2D eigenvalue weighted by molar-refractivity contribution is 0.437. The van der Waals surface area contributed by atoms with Gasteiger partial charge in [0.1, 0.15) is 0 Å². The van der Waals surface area contributed by atoms with Crippen molar-refractivity contribution in [1.29, 1.82) is 0 Å². The van der Waals surface area contributed by atoms with E-state index in [9.17, 15) is 0 Å². The van der Waals surface area contributed by atoms with Crippen molar-refractivity contribution in [2.45, 2.75) is 46.1 Å². The third-order valence-electron chi connectivity index (χ3n) is 3.41. The Kier molecular flexibility index (Phi) is 4.14. The first-order valence-electron chi connectivity index (χ1n) is 6.77. The van der Waals surface area contributed by atoms with Crippen molar-refractivity contribution in [3.05, 3.63) is 23.8 Å². The van der Waals surface area contributed by atoms with E-state index >= 15 is 0 Å². The molecule has 19 heavy (non-hydrogen) atoms. The predicted molar refractivity (Wildman–Crippen MR) is 76.6 cm³/mol. The largest absolute Gasteiger partial charge is 0.399 e. The standard InChI is InChI=1S/C14H21N5/c1-4-5-6-11(3)19-14(16-17-18-19)12-7-8-13(15)10(2)9-12/h7-9,11H,4-6,15H2,1-3H3. The highest BCUT2D eigenvalue weighted by molar-refractivity contribution is 5.61. The molecule has 0 aliphatic heterocycles. The van der Waals surface area contributed by atoms with Crippen molar-refractivity contribution in [2.75, 3.05) is 5.73 Å². The van der Waals surface area contributed by atoms with Gasteiger partial charge in [0.25, 0.3) is 0 Å². The Labute approximate surface area is 113 Å². The Bertz CT molecular complexity index is 547. The topological polar surface area (TPSA) is 69.6 Å². The highest BCUT2D eigenvalue weighted by atomic mass is 15.5. The van der Waals surface area contributed by atoms with Gasteiger partial charge in [-0.15, -0.1) is 5.10 Å². The van der Waals surface area contributed by atoms with Crippen molar-refractivity contribution >= 4 is 5.69 Å². The van der Waals surface area contributed by atoms with Crippen molar-refractivity contribution in [1.82, 2.24) is 20.2 Å². The van der Waals surface area contributed by atoms with Crippen LogP contribution in [0.1, 0.15) is 44.7 Å². The second-order valence-electron chi connectivity index (χ2n) is 5.01. The average molecular weight is 259 g/mol. The SMILES string of the molecule is CCCCC(C)n1nnnc1-c1ccc(N)c(C)c1. The smallest absolute Gasteiger partial charge is 0.182 e. The number of anilines is 1. The van der Waals surface area contributed by atoms with Crippen LogP contribution in [0.25, 0.3) is 11.4 Å². The van der Waals surface area contributed by atoms with E-state index in [1.807, 2.05) is 29.8 Å². The molecule has 0 fully saturated rings. The van der Waals surface area contributed by atoms with Crippen molar-refractivity contribution in [3.63, 3.8) is 0 Å². The van der Waals surface area contributed by atoms with Crippen LogP contribution >= 0.6 is 0 Å². The molecule has 2 rings (SSSR count). The number of hydrogen-bond donors (Lipinski definition) is 1. The zero-order chi connectivity index (χ0) is 13.8. The van der Waals surface area contributed by atoms with Crippen LogP contribution in [0.3, 0.4) is 0 Å². The first-order chi connectivity index (χ1) is 9.13. The van der Waals surface area contributed by atoms with Gasteiger partial charge >= 0.3 is 0 Å². The summed E-state index contributed by atoms with van der Waals surface area (Å²) in [5, 5.41) is 12.1. The second-order valence-corrected chi connectivity index (χ2v) is 5.01. The summed E-state index contributed by atoms with van der Waals surface area (Å²) in [4.78, 5) is 0. The van der Waals surface area contributed by atoms with E-state index in [-0.39, 0.29) is 0 Å². The molecule has 5 nitrogen and oxygen atoms in total.